The normalized spacial score (nSPS) is 12.9. The van der Waals surface area contributed by atoms with E-state index in [1.807, 2.05) is 6.07 Å². The van der Waals surface area contributed by atoms with Crippen LogP contribution >= 0.6 is 0 Å². The number of hydrogen-bond donors (Lipinski definition) is 3. The molecule has 1 aromatic rings. The molecule has 1 aromatic carbocycles. The molecule has 0 bridgehead atoms. The molecule has 0 aromatic heterocycles. The maximum atomic E-state index is 12.8. The number of allylic oxidation sites excluding steroid dienone is 1. The minimum absolute atomic E-state index is 0.0172. The Labute approximate surface area is 216 Å². The highest BCUT2D eigenvalue weighted by Gasteiger charge is 2.26. The second kappa shape index (κ2) is 15.1. The predicted molar refractivity (Wildman–Crippen MR) is 132 cm³/mol. The van der Waals surface area contributed by atoms with Gasteiger partial charge in [-0.1, -0.05) is 36.4 Å². The maximum absolute atomic E-state index is 12.8. The van der Waals surface area contributed by atoms with Gasteiger partial charge in [0.2, 0.25) is 5.91 Å². The third-order valence-electron chi connectivity index (χ3n) is 4.58. The van der Waals surface area contributed by atoms with Gasteiger partial charge >= 0.3 is 24.1 Å². The van der Waals surface area contributed by atoms with Crippen molar-refractivity contribution in [2.75, 3.05) is 14.2 Å². The minimum atomic E-state index is -1.15. The molecule has 0 heterocycles. The molecular formula is C25H35N3O9. The molecule has 0 fully saturated rings. The fourth-order valence-electron chi connectivity index (χ4n) is 2.83. The number of esters is 2. The molecule has 1 rings (SSSR count). The number of alkyl carbamates (subject to hydrolysis) is 2. The molecule has 0 aliphatic carbocycles. The Kier molecular flexibility index (Phi) is 12.6. The van der Waals surface area contributed by atoms with E-state index < -0.39 is 47.7 Å². The van der Waals surface area contributed by atoms with Crippen molar-refractivity contribution >= 4 is 30.0 Å². The van der Waals surface area contributed by atoms with Crippen molar-refractivity contribution in [1.29, 1.82) is 0 Å². The lowest BCUT2D eigenvalue weighted by Gasteiger charge is -2.21. The number of methoxy groups -OCH3 is 2. The van der Waals surface area contributed by atoms with Crippen LogP contribution < -0.4 is 16.0 Å². The lowest BCUT2D eigenvalue weighted by atomic mass is 10.1. The first-order valence-corrected chi connectivity index (χ1v) is 11.5. The molecule has 37 heavy (non-hydrogen) atoms. The Morgan fingerprint density at radius 2 is 1.59 bits per heavy atom. The van der Waals surface area contributed by atoms with Crippen molar-refractivity contribution < 1.29 is 42.9 Å². The fraction of sp³-hybridized carbons (Fsp3) is 0.480. The second-order valence-corrected chi connectivity index (χ2v) is 8.83. The summed E-state index contributed by atoms with van der Waals surface area (Å²) in [6.45, 7) is 6.39. The summed E-state index contributed by atoms with van der Waals surface area (Å²) >= 11 is 0. The van der Waals surface area contributed by atoms with Crippen LogP contribution in [-0.4, -0.2) is 61.9 Å². The van der Waals surface area contributed by atoms with Crippen molar-refractivity contribution in [3.8, 4) is 0 Å². The molecule has 0 aliphatic heterocycles. The van der Waals surface area contributed by atoms with Crippen molar-refractivity contribution in [2.45, 2.75) is 64.8 Å². The molecule has 0 aliphatic rings. The summed E-state index contributed by atoms with van der Waals surface area (Å²) in [6.07, 6.45) is -0.371. The van der Waals surface area contributed by atoms with Crippen molar-refractivity contribution in [3.63, 3.8) is 0 Å². The molecule has 2 atom stereocenters. The van der Waals surface area contributed by atoms with Crippen molar-refractivity contribution in [3.05, 3.63) is 47.7 Å². The molecule has 0 radical (unpaired) electrons. The molecule has 3 N–H and O–H groups in total. The quantitative estimate of drug-likeness (QED) is 0.226. The molecule has 204 valence electrons. The van der Waals surface area contributed by atoms with E-state index in [2.05, 4.69) is 25.4 Å². The highest BCUT2D eigenvalue weighted by atomic mass is 16.6. The average Bonchev–Trinajstić information content (AvgIpc) is 2.84. The number of carbonyl (C=O) groups is 5. The average molecular weight is 522 g/mol. The van der Waals surface area contributed by atoms with Crippen LogP contribution in [-0.2, 0) is 39.9 Å². The van der Waals surface area contributed by atoms with Gasteiger partial charge in [0.1, 0.15) is 30.0 Å². The maximum Gasteiger partial charge on any atom is 0.412 e. The van der Waals surface area contributed by atoms with Gasteiger partial charge in [0.15, 0.2) is 0 Å². The zero-order valence-electron chi connectivity index (χ0n) is 21.9. The molecule has 12 heteroatoms. The zero-order valence-corrected chi connectivity index (χ0v) is 21.9. The summed E-state index contributed by atoms with van der Waals surface area (Å²) in [5, 5.41) is 7.22. The minimum Gasteiger partial charge on any atom is -0.467 e. The van der Waals surface area contributed by atoms with E-state index in [-0.39, 0.29) is 25.1 Å². The lowest BCUT2D eigenvalue weighted by molar-refractivity contribution is -0.144. The third-order valence-corrected chi connectivity index (χ3v) is 4.58. The first-order chi connectivity index (χ1) is 17.4. The van der Waals surface area contributed by atoms with Crippen LogP contribution in [0.2, 0.25) is 0 Å². The number of benzene rings is 1. The van der Waals surface area contributed by atoms with E-state index in [1.165, 1.54) is 20.1 Å². The van der Waals surface area contributed by atoms with E-state index in [9.17, 15) is 24.0 Å². The van der Waals surface area contributed by atoms with Gasteiger partial charge in [0, 0.05) is 0 Å². The molecule has 0 saturated heterocycles. The lowest BCUT2D eigenvalue weighted by Crippen LogP contribution is -2.51. The van der Waals surface area contributed by atoms with Crippen LogP contribution in [0.15, 0.2) is 42.1 Å². The Balaban J connectivity index is 2.93. The molecule has 0 spiro atoms. The number of nitrogens with one attached hydrogen (secondary N) is 3. The van der Waals surface area contributed by atoms with Gasteiger partial charge < -0.3 is 29.6 Å². The van der Waals surface area contributed by atoms with E-state index >= 15 is 0 Å². The SMILES string of the molecule is COC(=O)/C(=C\CC[C@H](NC(=O)OCc1ccccc1)C(=O)N[C@H](C)C(=O)OC)NC(=O)OC(C)(C)C. The summed E-state index contributed by atoms with van der Waals surface area (Å²) in [6, 6.07) is 6.82. The van der Waals surface area contributed by atoms with E-state index in [1.54, 1.807) is 45.0 Å². The van der Waals surface area contributed by atoms with Crippen LogP contribution in [0, 0.1) is 0 Å². The fourth-order valence-corrected chi connectivity index (χ4v) is 2.83. The van der Waals surface area contributed by atoms with Crippen molar-refractivity contribution in [2.24, 2.45) is 0 Å². The summed E-state index contributed by atoms with van der Waals surface area (Å²) < 4.78 is 19.6. The molecule has 3 amide bonds. The van der Waals surface area contributed by atoms with Crippen LogP contribution in [0.4, 0.5) is 9.59 Å². The number of carbonyl (C=O) groups excluding carboxylic acids is 5. The predicted octanol–water partition coefficient (Wildman–Crippen LogP) is 2.32. The Hall–Kier alpha value is -4.09. The Bertz CT molecular complexity index is 971. The summed E-state index contributed by atoms with van der Waals surface area (Å²) in [4.78, 5) is 61.0. The van der Waals surface area contributed by atoms with Gasteiger partial charge in [-0.2, -0.15) is 0 Å². The van der Waals surface area contributed by atoms with Crippen LogP contribution in [0.25, 0.3) is 0 Å². The summed E-state index contributed by atoms with van der Waals surface area (Å²) in [5.41, 5.74) is -0.253. The highest BCUT2D eigenvalue weighted by Crippen LogP contribution is 2.09. The topological polar surface area (TPSA) is 158 Å². The molecule has 0 saturated carbocycles. The first kappa shape index (κ1) is 30.9. The van der Waals surface area contributed by atoms with Crippen LogP contribution in [0.5, 0.6) is 0 Å². The molecular weight excluding hydrogens is 486 g/mol. The van der Waals surface area contributed by atoms with Crippen LogP contribution in [0.3, 0.4) is 0 Å². The van der Waals surface area contributed by atoms with Gasteiger partial charge in [-0.25, -0.2) is 19.2 Å². The smallest absolute Gasteiger partial charge is 0.412 e. The van der Waals surface area contributed by atoms with Gasteiger partial charge in [-0.15, -0.1) is 0 Å². The Morgan fingerprint density at radius 3 is 2.16 bits per heavy atom. The number of rotatable bonds is 11. The number of hydrogen-bond acceptors (Lipinski definition) is 9. The summed E-state index contributed by atoms with van der Waals surface area (Å²) in [5.74, 6) is -2.18. The highest BCUT2D eigenvalue weighted by molar-refractivity contribution is 5.92. The first-order valence-electron chi connectivity index (χ1n) is 11.5. The standard InChI is InChI=1S/C25H35N3O9/c1-16(21(30)34-5)26-20(29)18(27-23(32)36-15-17-11-8-7-9-12-17)13-10-14-19(22(31)35-6)28-24(33)37-25(2,3)4/h7-9,11-12,14,16,18H,10,13,15H2,1-6H3,(H,26,29)(H,27,32)(H,28,33)/b19-14+/t16-,18+/m1/s1. The van der Waals surface area contributed by atoms with E-state index in [0.717, 1.165) is 12.7 Å². The second-order valence-electron chi connectivity index (χ2n) is 8.83. The van der Waals surface area contributed by atoms with E-state index in [4.69, 9.17) is 9.47 Å². The number of amides is 3. The monoisotopic (exact) mass is 521 g/mol. The van der Waals surface area contributed by atoms with Gasteiger partial charge in [-0.05, 0) is 46.1 Å². The zero-order chi connectivity index (χ0) is 28.0. The van der Waals surface area contributed by atoms with Gasteiger partial charge in [-0.3, -0.25) is 10.1 Å². The van der Waals surface area contributed by atoms with Crippen LogP contribution in [0.1, 0.15) is 46.1 Å². The van der Waals surface area contributed by atoms with E-state index in [0.29, 0.717) is 0 Å². The number of ether oxygens (including phenoxy) is 4. The third kappa shape index (κ3) is 12.4. The largest absolute Gasteiger partial charge is 0.467 e. The Morgan fingerprint density at radius 1 is 0.946 bits per heavy atom. The molecule has 0 unspecified atom stereocenters. The van der Waals surface area contributed by atoms with Gasteiger partial charge in [0.25, 0.3) is 0 Å². The van der Waals surface area contributed by atoms with Crippen molar-refractivity contribution in [1.82, 2.24) is 16.0 Å². The molecule has 12 nitrogen and oxygen atoms in total. The van der Waals surface area contributed by atoms with Gasteiger partial charge in [0.05, 0.1) is 14.2 Å². The summed E-state index contributed by atoms with van der Waals surface area (Å²) in [7, 11) is 2.32.